The summed E-state index contributed by atoms with van der Waals surface area (Å²) in [6.45, 7) is 8.22. The van der Waals surface area contributed by atoms with Gasteiger partial charge >= 0.3 is 0 Å². The average Bonchev–Trinajstić information content (AvgIpc) is 2.38. The first-order valence-corrected chi connectivity index (χ1v) is 7.39. The van der Waals surface area contributed by atoms with Crippen LogP contribution in [0, 0.1) is 0 Å². The Kier molecular flexibility index (Phi) is 10.0. The van der Waals surface area contributed by atoms with Crippen LogP contribution in [0.15, 0.2) is 68.4 Å². The molecule has 0 amide bonds. The molecule has 0 unspecified atom stereocenters. The van der Waals surface area contributed by atoms with Gasteiger partial charge < -0.3 is 0 Å². The fourth-order valence-corrected chi connectivity index (χ4v) is 1.45. The Balaban J connectivity index is 4.97. The van der Waals surface area contributed by atoms with Gasteiger partial charge in [0.2, 0.25) is 0 Å². The van der Waals surface area contributed by atoms with Crippen molar-refractivity contribution < 1.29 is 0 Å². The molecule has 0 aromatic carbocycles. The second-order valence-corrected chi connectivity index (χ2v) is 5.65. The number of thiol groups is 3. The van der Waals surface area contributed by atoms with Gasteiger partial charge in [0.25, 0.3) is 0 Å². The second kappa shape index (κ2) is 10.3. The molecule has 19 heavy (non-hydrogen) atoms. The van der Waals surface area contributed by atoms with Crippen LogP contribution in [0.4, 0.5) is 0 Å². The van der Waals surface area contributed by atoms with Gasteiger partial charge in [-0.1, -0.05) is 29.9 Å². The summed E-state index contributed by atoms with van der Waals surface area (Å²) in [5.41, 5.74) is 3.61. The summed E-state index contributed by atoms with van der Waals surface area (Å²) in [6.07, 6.45) is 11.9. The Morgan fingerprint density at radius 2 is 1.16 bits per heavy atom. The first-order chi connectivity index (χ1) is 8.88. The Labute approximate surface area is 134 Å². The van der Waals surface area contributed by atoms with E-state index in [1.807, 2.05) is 50.3 Å². The van der Waals surface area contributed by atoms with Crippen LogP contribution in [0.2, 0.25) is 0 Å². The predicted octanol–water partition coefficient (Wildman–Crippen LogP) is 5.92. The maximum absolute atomic E-state index is 4.44. The van der Waals surface area contributed by atoms with Gasteiger partial charge in [-0.3, -0.25) is 0 Å². The molecule has 0 radical (unpaired) electrons. The quantitative estimate of drug-likeness (QED) is 0.407. The van der Waals surface area contributed by atoms with Gasteiger partial charge in [-0.05, 0) is 56.4 Å². The summed E-state index contributed by atoms with van der Waals surface area (Å²) >= 11 is 12.9. The van der Waals surface area contributed by atoms with Crippen molar-refractivity contribution in [2.24, 2.45) is 0 Å². The molecule has 0 rings (SSSR count). The van der Waals surface area contributed by atoms with Crippen molar-refractivity contribution in [2.45, 2.75) is 27.7 Å². The number of hydrogen-bond acceptors (Lipinski definition) is 3. The van der Waals surface area contributed by atoms with Crippen LogP contribution < -0.4 is 0 Å². The number of hydrogen-bond donors (Lipinski definition) is 3. The van der Waals surface area contributed by atoms with Crippen LogP contribution in [-0.2, 0) is 0 Å². The van der Waals surface area contributed by atoms with Gasteiger partial charge in [0.1, 0.15) is 0 Å². The summed E-state index contributed by atoms with van der Waals surface area (Å²) in [5, 5.41) is 1.71. The van der Waals surface area contributed by atoms with Gasteiger partial charge in [-0.15, -0.1) is 25.3 Å². The third-order valence-corrected chi connectivity index (χ3v) is 3.51. The molecule has 0 N–H and O–H groups in total. The lowest BCUT2D eigenvalue weighted by Crippen LogP contribution is -1.78. The zero-order chi connectivity index (χ0) is 14.8. The number of rotatable bonds is 5. The highest BCUT2D eigenvalue weighted by Gasteiger charge is 1.94. The Bertz CT molecular complexity index is 468. The molecule has 0 nitrogen and oxygen atoms in total. The Hall–Kier alpha value is -0.510. The minimum Gasteiger partial charge on any atom is -0.151 e. The summed E-state index contributed by atoms with van der Waals surface area (Å²) < 4.78 is 0. The summed E-state index contributed by atoms with van der Waals surface area (Å²) in [7, 11) is 0. The third kappa shape index (κ3) is 9.09. The molecule has 0 saturated carbocycles. The van der Waals surface area contributed by atoms with E-state index in [4.69, 9.17) is 0 Å². The molecule has 0 spiro atoms. The van der Waals surface area contributed by atoms with Gasteiger partial charge in [0, 0.05) is 9.81 Å². The van der Waals surface area contributed by atoms with Crippen LogP contribution in [-0.4, -0.2) is 0 Å². The smallest absolute Gasteiger partial charge is 0.0174 e. The predicted molar refractivity (Wildman–Crippen MR) is 99.2 cm³/mol. The molecule has 0 bridgehead atoms. The standard InChI is InChI=1S/C16H22S3/c1-12(2)7-9-15(18)16(19)10-8-14(4)13(3)6-5-11-17/h5-11,17-19H,1-4H3/b11-5-,13-6+,14-8+,15-9-,16-10-. The molecule has 0 aliphatic carbocycles. The molecule has 0 aliphatic rings. The largest absolute Gasteiger partial charge is 0.151 e. The normalized spacial score (nSPS) is 15.1. The molecule has 0 aliphatic heterocycles. The molecule has 0 heterocycles. The molecule has 0 atom stereocenters. The minimum absolute atomic E-state index is 0.845. The van der Waals surface area contributed by atoms with E-state index in [9.17, 15) is 0 Å². The van der Waals surface area contributed by atoms with Crippen LogP contribution >= 0.6 is 37.9 Å². The number of allylic oxidation sites excluding steroid dienone is 9. The zero-order valence-electron chi connectivity index (χ0n) is 11.9. The third-order valence-electron chi connectivity index (χ3n) is 2.38. The fourth-order valence-electron chi connectivity index (χ4n) is 1.07. The van der Waals surface area contributed by atoms with Gasteiger partial charge in [-0.2, -0.15) is 12.6 Å². The first kappa shape index (κ1) is 18.5. The summed E-state index contributed by atoms with van der Waals surface area (Å²) in [5.74, 6) is 0. The molecular weight excluding hydrogens is 288 g/mol. The second-order valence-electron chi connectivity index (χ2n) is 4.39. The van der Waals surface area contributed by atoms with E-state index < -0.39 is 0 Å². The van der Waals surface area contributed by atoms with E-state index >= 15 is 0 Å². The van der Waals surface area contributed by atoms with Crippen molar-refractivity contribution in [1.29, 1.82) is 0 Å². The summed E-state index contributed by atoms with van der Waals surface area (Å²) in [6, 6.07) is 0. The van der Waals surface area contributed by atoms with Crippen molar-refractivity contribution in [3.63, 3.8) is 0 Å². The molecule has 3 heteroatoms. The van der Waals surface area contributed by atoms with Crippen molar-refractivity contribution in [3.05, 3.63) is 68.4 Å². The van der Waals surface area contributed by atoms with E-state index in [1.54, 1.807) is 5.41 Å². The van der Waals surface area contributed by atoms with Gasteiger partial charge in [-0.25, -0.2) is 0 Å². The maximum atomic E-state index is 4.44. The SMILES string of the molecule is CC(C)=C/C=C(S)/C(S)=C/C=C(C)/C(C)=C/C=C\S. The van der Waals surface area contributed by atoms with Crippen molar-refractivity contribution >= 4 is 37.9 Å². The lowest BCUT2D eigenvalue weighted by atomic mass is 10.1. The topological polar surface area (TPSA) is 0 Å². The molecule has 0 fully saturated rings. The van der Waals surface area contributed by atoms with E-state index in [2.05, 4.69) is 51.7 Å². The first-order valence-electron chi connectivity index (χ1n) is 5.98. The minimum atomic E-state index is 0.845. The molecule has 104 valence electrons. The highest BCUT2D eigenvalue weighted by molar-refractivity contribution is 7.90. The van der Waals surface area contributed by atoms with E-state index in [0.717, 1.165) is 9.81 Å². The monoisotopic (exact) mass is 310 g/mol. The summed E-state index contributed by atoms with van der Waals surface area (Å²) in [4.78, 5) is 1.70. The van der Waals surface area contributed by atoms with E-state index in [1.165, 1.54) is 16.7 Å². The molecular formula is C16H22S3. The molecule has 0 aromatic rings. The van der Waals surface area contributed by atoms with Crippen molar-refractivity contribution in [1.82, 2.24) is 0 Å². The highest BCUT2D eigenvalue weighted by atomic mass is 32.1. The fraction of sp³-hybridized carbons (Fsp3) is 0.250. The van der Waals surface area contributed by atoms with E-state index in [0.29, 0.717) is 0 Å². The van der Waals surface area contributed by atoms with E-state index in [-0.39, 0.29) is 0 Å². The van der Waals surface area contributed by atoms with Crippen LogP contribution in [0.5, 0.6) is 0 Å². The van der Waals surface area contributed by atoms with Crippen LogP contribution in [0.3, 0.4) is 0 Å². The molecule has 0 saturated heterocycles. The Morgan fingerprint density at radius 3 is 1.63 bits per heavy atom. The highest BCUT2D eigenvalue weighted by Crippen LogP contribution is 2.19. The van der Waals surface area contributed by atoms with Gasteiger partial charge in [0.15, 0.2) is 0 Å². The zero-order valence-corrected chi connectivity index (χ0v) is 14.6. The van der Waals surface area contributed by atoms with Crippen molar-refractivity contribution in [2.75, 3.05) is 0 Å². The van der Waals surface area contributed by atoms with Crippen molar-refractivity contribution in [3.8, 4) is 0 Å². The lowest BCUT2D eigenvalue weighted by molar-refractivity contribution is 1.34. The van der Waals surface area contributed by atoms with Crippen LogP contribution in [0.25, 0.3) is 0 Å². The van der Waals surface area contributed by atoms with Gasteiger partial charge in [0.05, 0.1) is 0 Å². The van der Waals surface area contributed by atoms with Crippen LogP contribution in [0.1, 0.15) is 27.7 Å². The molecule has 0 aromatic heterocycles. The maximum Gasteiger partial charge on any atom is 0.0174 e. The lowest BCUT2D eigenvalue weighted by Gasteiger charge is -2.00. The average molecular weight is 311 g/mol. The Morgan fingerprint density at radius 1 is 0.684 bits per heavy atom.